The van der Waals surface area contributed by atoms with E-state index in [0.29, 0.717) is 22.6 Å². The number of amides is 1. The quantitative estimate of drug-likeness (QED) is 0.389. The molecule has 1 amide bonds. The average molecular weight is 448 g/mol. The molecular formula is C25H22F2N4O2. The van der Waals surface area contributed by atoms with Gasteiger partial charge in [0.2, 0.25) is 0 Å². The number of nitrogens with one attached hydrogen (secondary N) is 1. The molecule has 0 bridgehead atoms. The molecule has 1 unspecified atom stereocenters. The number of benzene rings is 2. The summed E-state index contributed by atoms with van der Waals surface area (Å²) >= 11 is 0. The van der Waals surface area contributed by atoms with Crippen molar-refractivity contribution in [2.24, 2.45) is 0 Å². The van der Waals surface area contributed by atoms with Gasteiger partial charge in [-0.15, -0.1) is 0 Å². The van der Waals surface area contributed by atoms with Crippen molar-refractivity contribution < 1.29 is 18.3 Å². The van der Waals surface area contributed by atoms with Gasteiger partial charge >= 0.3 is 6.09 Å². The van der Waals surface area contributed by atoms with Crippen molar-refractivity contribution in [1.29, 1.82) is 0 Å². The average Bonchev–Trinajstić information content (AvgIpc) is 3.25. The number of pyridine rings is 1. The van der Waals surface area contributed by atoms with Crippen LogP contribution >= 0.6 is 0 Å². The lowest BCUT2D eigenvalue weighted by Gasteiger charge is -2.13. The van der Waals surface area contributed by atoms with Crippen molar-refractivity contribution in [3.05, 3.63) is 90.3 Å². The third kappa shape index (κ3) is 4.90. The van der Waals surface area contributed by atoms with Gasteiger partial charge in [0.05, 0.1) is 12.6 Å². The Morgan fingerprint density at radius 3 is 2.58 bits per heavy atom. The molecule has 0 saturated carbocycles. The normalized spacial score (nSPS) is 11.8. The van der Waals surface area contributed by atoms with Crippen LogP contribution in [0.2, 0.25) is 0 Å². The van der Waals surface area contributed by atoms with Crippen LogP contribution < -0.4 is 5.32 Å². The summed E-state index contributed by atoms with van der Waals surface area (Å²) < 4.78 is 34.5. The highest BCUT2D eigenvalue weighted by Crippen LogP contribution is 2.34. The number of anilines is 1. The summed E-state index contributed by atoms with van der Waals surface area (Å²) in [6.07, 6.45) is 2.76. The van der Waals surface area contributed by atoms with Gasteiger partial charge in [0, 0.05) is 29.1 Å². The highest BCUT2D eigenvalue weighted by Gasteiger charge is 2.19. The first-order valence-corrected chi connectivity index (χ1v) is 10.5. The van der Waals surface area contributed by atoms with Crippen molar-refractivity contribution >= 4 is 11.9 Å². The van der Waals surface area contributed by atoms with E-state index >= 15 is 0 Å². The van der Waals surface area contributed by atoms with Gasteiger partial charge in [0.15, 0.2) is 0 Å². The molecule has 0 aliphatic rings. The Hall–Kier alpha value is -4.07. The van der Waals surface area contributed by atoms with Crippen LogP contribution in [-0.2, 0) is 4.74 Å². The Kier molecular flexibility index (Phi) is 6.44. The van der Waals surface area contributed by atoms with E-state index in [2.05, 4.69) is 10.3 Å². The van der Waals surface area contributed by atoms with Crippen molar-refractivity contribution in [2.45, 2.75) is 19.9 Å². The van der Waals surface area contributed by atoms with Gasteiger partial charge in [-0.3, -0.25) is 10.00 Å². The zero-order chi connectivity index (χ0) is 23.4. The number of nitrogens with zero attached hydrogens (tertiary/aromatic N) is 3. The number of aromatic nitrogens is 3. The van der Waals surface area contributed by atoms with Crippen LogP contribution in [0.4, 0.5) is 19.4 Å². The smallest absolute Gasteiger partial charge is 0.412 e. The lowest BCUT2D eigenvalue weighted by molar-refractivity contribution is 0.168. The van der Waals surface area contributed by atoms with Gasteiger partial charge in [-0.2, -0.15) is 5.10 Å². The Morgan fingerprint density at radius 1 is 1.09 bits per heavy atom. The molecule has 4 aromatic rings. The number of carbonyl (C=O) groups excluding carboxylic acids is 1. The van der Waals surface area contributed by atoms with Gasteiger partial charge in [0.25, 0.3) is 0 Å². The molecule has 1 atom stereocenters. The Bertz CT molecular complexity index is 1270. The molecule has 0 fully saturated rings. The molecule has 6 nitrogen and oxygen atoms in total. The van der Waals surface area contributed by atoms with Gasteiger partial charge in [-0.05, 0) is 61.9 Å². The molecule has 2 heterocycles. The summed E-state index contributed by atoms with van der Waals surface area (Å²) in [7, 11) is 0. The second kappa shape index (κ2) is 9.60. The van der Waals surface area contributed by atoms with Crippen molar-refractivity contribution in [2.75, 3.05) is 11.9 Å². The largest absolute Gasteiger partial charge is 0.450 e. The van der Waals surface area contributed by atoms with Crippen LogP contribution in [0.25, 0.3) is 22.4 Å². The molecule has 168 valence electrons. The number of hydrogen-bond donors (Lipinski definition) is 1. The minimum atomic E-state index is -0.607. The van der Waals surface area contributed by atoms with Gasteiger partial charge in [0.1, 0.15) is 23.1 Å². The lowest BCUT2D eigenvalue weighted by atomic mass is 10.0. The molecule has 0 saturated heterocycles. The topological polar surface area (TPSA) is 69.0 Å². The van der Waals surface area contributed by atoms with E-state index in [0.717, 1.165) is 11.1 Å². The summed E-state index contributed by atoms with van der Waals surface area (Å²) in [6, 6.07) is 15.6. The fourth-order valence-corrected chi connectivity index (χ4v) is 3.52. The Labute approximate surface area is 189 Å². The zero-order valence-electron chi connectivity index (χ0n) is 18.1. The van der Waals surface area contributed by atoms with Crippen molar-refractivity contribution in [1.82, 2.24) is 14.8 Å². The summed E-state index contributed by atoms with van der Waals surface area (Å²) in [5, 5.41) is 7.30. The van der Waals surface area contributed by atoms with Crippen LogP contribution in [-0.4, -0.2) is 27.5 Å². The summed E-state index contributed by atoms with van der Waals surface area (Å²) in [5.41, 5.74) is 3.23. The second-order valence-electron chi connectivity index (χ2n) is 7.35. The summed E-state index contributed by atoms with van der Waals surface area (Å²) in [4.78, 5) is 16.0. The minimum Gasteiger partial charge on any atom is -0.450 e. The van der Waals surface area contributed by atoms with E-state index < -0.39 is 12.1 Å². The maximum Gasteiger partial charge on any atom is 0.412 e. The van der Waals surface area contributed by atoms with Gasteiger partial charge in [-0.25, -0.2) is 18.6 Å². The number of hydrogen-bond acceptors (Lipinski definition) is 4. The van der Waals surface area contributed by atoms with Gasteiger partial charge < -0.3 is 4.74 Å². The van der Waals surface area contributed by atoms with Crippen LogP contribution in [0, 0.1) is 11.6 Å². The molecule has 4 rings (SSSR count). The van der Waals surface area contributed by atoms with E-state index in [1.165, 1.54) is 18.2 Å². The Morgan fingerprint density at radius 2 is 1.85 bits per heavy atom. The lowest BCUT2D eigenvalue weighted by Crippen LogP contribution is -2.14. The van der Waals surface area contributed by atoms with Crippen molar-refractivity contribution in [3.63, 3.8) is 0 Å². The molecule has 1 N–H and O–H groups in total. The molecule has 0 aliphatic carbocycles. The minimum absolute atomic E-state index is 0.237. The van der Waals surface area contributed by atoms with Crippen molar-refractivity contribution in [3.8, 4) is 22.4 Å². The predicted molar refractivity (Wildman–Crippen MR) is 122 cm³/mol. The fourth-order valence-electron chi connectivity index (χ4n) is 3.52. The molecule has 2 aromatic carbocycles. The SMILES string of the molecule is CCOC(=O)Nc1cc(-c2cn(C(C)c3ccccc3F)nc2-c2ccc(F)cc2)ccn1. The molecular weight excluding hydrogens is 426 g/mol. The second-order valence-corrected chi connectivity index (χ2v) is 7.35. The van der Waals surface area contributed by atoms with Crippen LogP contribution in [0.5, 0.6) is 0 Å². The standard InChI is InChI=1S/C25H22F2N4O2/c1-3-33-25(32)29-23-14-18(12-13-28-23)21-15-31(16(2)20-6-4-5-7-22(20)27)30-24(21)17-8-10-19(26)11-9-17/h4-16H,3H2,1-2H3,(H,28,29,32). The van der Waals surface area contributed by atoms with E-state index in [1.807, 2.05) is 6.92 Å². The molecule has 33 heavy (non-hydrogen) atoms. The number of carbonyl (C=O) groups is 1. The van der Waals surface area contributed by atoms with E-state index in [1.54, 1.807) is 66.5 Å². The Balaban J connectivity index is 1.79. The van der Waals surface area contributed by atoms with Crippen LogP contribution in [0.15, 0.2) is 73.1 Å². The van der Waals surface area contributed by atoms with Gasteiger partial charge in [-0.1, -0.05) is 18.2 Å². The summed E-state index contributed by atoms with van der Waals surface area (Å²) in [5.74, 6) is -0.370. The van der Waals surface area contributed by atoms with E-state index in [-0.39, 0.29) is 18.2 Å². The predicted octanol–water partition coefficient (Wildman–Crippen LogP) is 6.07. The first kappa shape index (κ1) is 22.1. The van der Waals surface area contributed by atoms with E-state index in [4.69, 9.17) is 9.84 Å². The third-order valence-electron chi connectivity index (χ3n) is 5.18. The molecule has 0 radical (unpaired) electrons. The molecule has 8 heteroatoms. The summed E-state index contributed by atoms with van der Waals surface area (Å²) in [6.45, 7) is 3.80. The zero-order valence-corrected chi connectivity index (χ0v) is 18.1. The van der Waals surface area contributed by atoms with E-state index in [9.17, 15) is 13.6 Å². The maximum atomic E-state index is 14.4. The molecule has 2 aromatic heterocycles. The first-order chi connectivity index (χ1) is 16.0. The highest BCUT2D eigenvalue weighted by atomic mass is 19.1. The van der Waals surface area contributed by atoms with Crippen LogP contribution in [0.3, 0.4) is 0 Å². The molecule has 0 spiro atoms. The first-order valence-electron chi connectivity index (χ1n) is 10.5. The fraction of sp³-hybridized carbons (Fsp3) is 0.160. The van der Waals surface area contributed by atoms with Crippen LogP contribution in [0.1, 0.15) is 25.5 Å². The number of halogens is 2. The third-order valence-corrected chi connectivity index (χ3v) is 5.18. The highest BCUT2D eigenvalue weighted by molar-refractivity contribution is 5.86. The maximum absolute atomic E-state index is 14.4. The monoisotopic (exact) mass is 448 g/mol. The number of rotatable bonds is 6. The number of ether oxygens (including phenoxy) is 1. The molecule has 0 aliphatic heterocycles.